The van der Waals surface area contributed by atoms with Crippen molar-refractivity contribution in [3.8, 4) is 0 Å². The fourth-order valence-electron chi connectivity index (χ4n) is 1.72. The molecular formula is C17H15FN2O2. The highest BCUT2D eigenvalue weighted by atomic mass is 19.1. The van der Waals surface area contributed by atoms with Gasteiger partial charge >= 0.3 is 0 Å². The number of hydrogen-bond acceptors (Lipinski definition) is 2. The Kier molecular flexibility index (Phi) is 5.43. The van der Waals surface area contributed by atoms with Crippen molar-refractivity contribution in [3.63, 3.8) is 0 Å². The van der Waals surface area contributed by atoms with Crippen molar-refractivity contribution in [2.75, 3.05) is 11.9 Å². The van der Waals surface area contributed by atoms with Crippen LogP contribution in [-0.4, -0.2) is 18.4 Å². The second-order valence-corrected chi connectivity index (χ2v) is 4.49. The second-order valence-electron chi connectivity index (χ2n) is 4.49. The molecule has 2 aromatic carbocycles. The van der Waals surface area contributed by atoms with Gasteiger partial charge in [-0.2, -0.15) is 0 Å². The summed E-state index contributed by atoms with van der Waals surface area (Å²) in [4.78, 5) is 23.2. The van der Waals surface area contributed by atoms with Gasteiger partial charge in [0.05, 0.1) is 12.2 Å². The Labute approximate surface area is 127 Å². The predicted molar refractivity (Wildman–Crippen MR) is 83.5 cm³/mol. The summed E-state index contributed by atoms with van der Waals surface area (Å²) in [6.45, 7) is -0.230. The van der Waals surface area contributed by atoms with Gasteiger partial charge < -0.3 is 10.6 Å². The number of anilines is 1. The number of hydrogen-bond donors (Lipinski definition) is 2. The molecule has 0 fully saturated rings. The van der Waals surface area contributed by atoms with Crippen LogP contribution in [0.2, 0.25) is 0 Å². The maximum absolute atomic E-state index is 13.3. The Hall–Kier alpha value is -2.95. The number of benzene rings is 2. The third-order valence-electron chi connectivity index (χ3n) is 2.80. The SMILES string of the molecule is O=C(/C=C/c1ccccc1)NCC(=O)Nc1ccccc1F. The second kappa shape index (κ2) is 7.73. The van der Waals surface area contributed by atoms with Crippen LogP contribution in [0.15, 0.2) is 60.7 Å². The molecule has 0 saturated heterocycles. The third kappa shape index (κ3) is 4.86. The van der Waals surface area contributed by atoms with Crippen molar-refractivity contribution in [2.45, 2.75) is 0 Å². The van der Waals surface area contributed by atoms with E-state index in [0.29, 0.717) is 0 Å². The summed E-state index contributed by atoms with van der Waals surface area (Å²) >= 11 is 0. The molecule has 22 heavy (non-hydrogen) atoms. The first-order chi connectivity index (χ1) is 10.6. The van der Waals surface area contributed by atoms with Gasteiger partial charge in [-0.25, -0.2) is 4.39 Å². The number of amides is 2. The Morgan fingerprint density at radius 2 is 1.68 bits per heavy atom. The van der Waals surface area contributed by atoms with Crippen LogP contribution in [0.5, 0.6) is 0 Å². The molecule has 0 spiro atoms. The summed E-state index contributed by atoms with van der Waals surface area (Å²) < 4.78 is 13.3. The van der Waals surface area contributed by atoms with E-state index in [0.717, 1.165) is 5.56 Å². The highest BCUT2D eigenvalue weighted by Crippen LogP contribution is 2.11. The van der Waals surface area contributed by atoms with Crippen molar-refractivity contribution in [1.29, 1.82) is 0 Å². The molecule has 5 heteroatoms. The molecule has 0 bridgehead atoms. The zero-order chi connectivity index (χ0) is 15.8. The molecule has 0 unspecified atom stereocenters. The first-order valence-corrected chi connectivity index (χ1v) is 6.70. The van der Waals surface area contributed by atoms with E-state index in [4.69, 9.17) is 0 Å². The number of halogens is 1. The Bertz CT molecular complexity index is 684. The zero-order valence-corrected chi connectivity index (χ0v) is 11.8. The standard InChI is InChI=1S/C17H15FN2O2/c18-14-8-4-5-9-15(14)20-17(22)12-19-16(21)11-10-13-6-2-1-3-7-13/h1-11H,12H2,(H,19,21)(H,20,22)/b11-10+. The molecule has 2 N–H and O–H groups in total. The van der Waals surface area contributed by atoms with Gasteiger partial charge in [0.25, 0.3) is 0 Å². The zero-order valence-electron chi connectivity index (χ0n) is 11.8. The minimum Gasteiger partial charge on any atom is -0.343 e. The lowest BCUT2D eigenvalue weighted by atomic mass is 10.2. The average Bonchev–Trinajstić information content (AvgIpc) is 2.54. The predicted octanol–water partition coefficient (Wildman–Crippen LogP) is 2.59. The monoisotopic (exact) mass is 298 g/mol. The van der Waals surface area contributed by atoms with Crippen LogP contribution in [-0.2, 0) is 9.59 Å². The van der Waals surface area contributed by atoms with Crippen molar-refractivity contribution in [2.24, 2.45) is 0 Å². The lowest BCUT2D eigenvalue weighted by Crippen LogP contribution is -2.31. The Morgan fingerprint density at radius 1 is 1.00 bits per heavy atom. The molecule has 0 radical (unpaired) electrons. The van der Waals surface area contributed by atoms with Gasteiger partial charge in [0.15, 0.2) is 0 Å². The number of rotatable bonds is 5. The van der Waals surface area contributed by atoms with Crippen molar-refractivity contribution < 1.29 is 14.0 Å². The van der Waals surface area contributed by atoms with E-state index >= 15 is 0 Å². The van der Waals surface area contributed by atoms with E-state index in [2.05, 4.69) is 10.6 Å². The van der Waals surface area contributed by atoms with Gasteiger partial charge in [0.1, 0.15) is 5.82 Å². The van der Waals surface area contributed by atoms with Gasteiger partial charge in [-0.1, -0.05) is 42.5 Å². The molecule has 0 aliphatic carbocycles. The summed E-state index contributed by atoms with van der Waals surface area (Å²) in [5.74, 6) is -1.41. The first kappa shape index (κ1) is 15.4. The van der Waals surface area contributed by atoms with Crippen LogP contribution in [0, 0.1) is 5.82 Å². The first-order valence-electron chi connectivity index (χ1n) is 6.70. The number of para-hydroxylation sites is 1. The summed E-state index contributed by atoms with van der Waals surface area (Å²) in [5.41, 5.74) is 0.968. The number of carbonyl (C=O) groups is 2. The van der Waals surface area contributed by atoms with E-state index in [1.807, 2.05) is 30.3 Å². The Morgan fingerprint density at radius 3 is 2.41 bits per heavy atom. The van der Waals surface area contributed by atoms with Gasteiger partial charge in [0.2, 0.25) is 11.8 Å². The lowest BCUT2D eigenvalue weighted by molar-refractivity contribution is -0.121. The van der Waals surface area contributed by atoms with E-state index in [1.54, 1.807) is 12.1 Å². The molecule has 4 nitrogen and oxygen atoms in total. The van der Waals surface area contributed by atoms with Gasteiger partial charge in [-0.05, 0) is 23.8 Å². The molecule has 0 aliphatic rings. The van der Waals surface area contributed by atoms with Crippen LogP contribution in [0.25, 0.3) is 6.08 Å². The fraction of sp³-hybridized carbons (Fsp3) is 0.0588. The average molecular weight is 298 g/mol. The van der Waals surface area contributed by atoms with Crippen molar-refractivity contribution >= 4 is 23.6 Å². The van der Waals surface area contributed by atoms with Crippen molar-refractivity contribution in [3.05, 3.63) is 72.1 Å². The molecular weight excluding hydrogens is 283 g/mol. The van der Waals surface area contributed by atoms with E-state index in [9.17, 15) is 14.0 Å². The van der Waals surface area contributed by atoms with Gasteiger partial charge in [-0.3, -0.25) is 9.59 Å². The molecule has 0 saturated carbocycles. The summed E-state index contributed by atoms with van der Waals surface area (Å²) in [7, 11) is 0. The maximum Gasteiger partial charge on any atom is 0.244 e. The van der Waals surface area contributed by atoms with Crippen LogP contribution in [0.1, 0.15) is 5.56 Å². The molecule has 0 heterocycles. The summed E-state index contributed by atoms with van der Waals surface area (Å²) in [5, 5.41) is 4.82. The maximum atomic E-state index is 13.3. The van der Waals surface area contributed by atoms with E-state index in [1.165, 1.54) is 24.3 Å². The summed E-state index contributed by atoms with van der Waals surface area (Å²) in [6.07, 6.45) is 2.98. The molecule has 2 rings (SSSR count). The van der Waals surface area contributed by atoms with Crippen LogP contribution >= 0.6 is 0 Å². The number of nitrogens with one attached hydrogen (secondary N) is 2. The highest BCUT2D eigenvalue weighted by Gasteiger charge is 2.06. The summed E-state index contributed by atoms with van der Waals surface area (Å²) in [6, 6.07) is 15.1. The fourth-order valence-corrected chi connectivity index (χ4v) is 1.72. The largest absolute Gasteiger partial charge is 0.343 e. The van der Waals surface area contributed by atoms with Gasteiger partial charge in [0, 0.05) is 6.08 Å². The number of carbonyl (C=O) groups excluding carboxylic acids is 2. The molecule has 0 atom stereocenters. The molecule has 0 aromatic heterocycles. The highest BCUT2D eigenvalue weighted by molar-refractivity contribution is 5.98. The van der Waals surface area contributed by atoms with Crippen LogP contribution in [0.3, 0.4) is 0 Å². The lowest BCUT2D eigenvalue weighted by Gasteiger charge is -2.06. The minimum atomic E-state index is -0.522. The molecule has 112 valence electrons. The third-order valence-corrected chi connectivity index (χ3v) is 2.80. The van der Waals surface area contributed by atoms with Gasteiger partial charge in [-0.15, -0.1) is 0 Å². The normalized spacial score (nSPS) is 10.4. The van der Waals surface area contributed by atoms with E-state index in [-0.39, 0.29) is 12.2 Å². The van der Waals surface area contributed by atoms with Crippen LogP contribution in [0.4, 0.5) is 10.1 Å². The molecule has 0 aliphatic heterocycles. The quantitative estimate of drug-likeness (QED) is 0.834. The Balaban J connectivity index is 1.80. The van der Waals surface area contributed by atoms with Crippen LogP contribution < -0.4 is 10.6 Å². The molecule has 2 amide bonds. The van der Waals surface area contributed by atoms with E-state index < -0.39 is 17.6 Å². The smallest absolute Gasteiger partial charge is 0.244 e. The minimum absolute atomic E-state index is 0.0848. The van der Waals surface area contributed by atoms with Crippen molar-refractivity contribution in [1.82, 2.24) is 5.32 Å². The molecule has 2 aromatic rings. The topological polar surface area (TPSA) is 58.2 Å².